The Labute approximate surface area is 145 Å². The molecule has 1 aromatic carbocycles. The molecular weight excluding hydrogens is 318 g/mol. The number of ether oxygens (including phenoxy) is 1. The minimum atomic E-state index is -0.183. The number of hydrogen-bond donors (Lipinski definition) is 1. The number of amides is 1. The van der Waals surface area contributed by atoms with Gasteiger partial charge in [-0.1, -0.05) is 12.1 Å². The van der Waals surface area contributed by atoms with Gasteiger partial charge in [0.05, 0.1) is 24.6 Å². The summed E-state index contributed by atoms with van der Waals surface area (Å²) in [6.45, 7) is 1.93. The molecule has 0 aliphatic heterocycles. The van der Waals surface area contributed by atoms with E-state index in [0.29, 0.717) is 17.7 Å². The van der Waals surface area contributed by atoms with Crippen LogP contribution < -0.4 is 10.1 Å². The molecule has 3 rings (SSSR count). The summed E-state index contributed by atoms with van der Waals surface area (Å²) >= 11 is 0. The normalized spacial score (nSPS) is 11.8. The van der Waals surface area contributed by atoms with Crippen LogP contribution in [0.1, 0.15) is 23.0 Å². The molecule has 128 valence electrons. The molecule has 7 nitrogen and oxygen atoms in total. The molecule has 1 atom stereocenters. The van der Waals surface area contributed by atoms with Crippen LogP contribution in [0.2, 0.25) is 0 Å². The van der Waals surface area contributed by atoms with Gasteiger partial charge in [0, 0.05) is 37.3 Å². The van der Waals surface area contributed by atoms with Crippen LogP contribution in [0.5, 0.6) is 5.75 Å². The Morgan fingerprint density at radius 3 is 2.88 bits per heavy atom. The van der Waals surface area contributed by atoms with Crippen molar-refractivity contribution in [3.63, 3.8) is 0 Å². The van der Waals surface area contributed by atoms with E-state index in [1.54, 1.807) is 36.6 Å². The molecule has 1 amide bonds. The summed E-state index contributed by atoms with van der Waals surface area (Å²) in [4.78, 5) is 20.7. The number of carbonyl (C=O) groups excluding carboxylic acids is 1. The predicted molar refractivity (Wildman–Crippen MR) is 92.8 cm³/mol. The monoisotopic (exact) mass is 337 g/mol. The molecular formula is C18H19N5O2. The standard InChI is InChI=1S/C18H19N5O2/c1-13(9-15-11-19-7-8-20-15)22-18(24)14-10-21-23(12-14)16-5-3-4-6-17(16)25-2/h3-8,10-13H,9H2,1-2H3,(H,22,24)/t13-/m1/s1. The van der Waals surface area contributed by atoms with Crippen LogP contribution in [0.25, 0.3) is 5.69 Å². The van der Waals surface area contributed by atoms with Crippen LogP contribution in [-0.2, 0) is 6.42 Å². The van der Waals surface area contributed by atoms with Crippen molar-refractivity contribution in [3.8, 4) is 11.4 Å². The number of carbonyl (C=O) groups is 1. The van der Waals surface area contributed by atoms with E-state index in [2.05, 4.69) is 20.4 Å². The molecule has 0 unspecified atom stereocenters. The van der Waals surface area contributed by atoms with E-state index >= 15 is 0 Å². The molecule has 1 N–H and O–H groups in total. The van der Waals surface area contributed by atoms with Gasteiger partial charge in [-0.05, 0) is 19.1 Å². The summed E-state index contributed by atoms with van der Waals surface area (Å²) in [6.07, 6.45) is 8.79. The zero-order valence-corrected chi connectivity index (χ0v) is 14.1. The summed E-state index contributed by atoms with van der Waals surface area (Å²) in [5.41, 5.74) is 2.09. The SMILES string of the molecule is COc1ccccc1-n1cc(C(=O)N[C@H](C)Cc2cnccn2)cn1. The van der Waals surface area contributed by atoms with Crippen LogP contribution in [0, 0.1) is 0 Å². The van der Waals surface area contributed by atoms with Crippen molar-refractivity contribution in [2.45, 2.75) is 19.4 Å². The minimum absolute atomic E-state index is 0.0705. The molecule has 0 fully saturated rings. The topological polar surface area (TPSA) is 81.9 Å². The molecule has 0 bridgehead atoms. The molecule has 2 heterocycles. The van der Waals surface area contributed by atoms with Gasteiger partial charge in [0.15, 0.2) is 0 Å². The highest BCUT2D eigenvalue weighted by Gasteiger charge is 2.14. The third kappa shape index (κ3) is 4.00. The first-order chi connectivity index (χ1) is 12.2. The number of nitrogens with one attached hydrogen (secondary N) is 1. The Hall–Kier alpha value is -3.22. The molecule has 0 saturated carbocycles. The van der Waals surface area contributed by atoms with Crippen molar-refractivity contribution in [2.75, 3.05) is 7.11 Å². The van der Waals surface area contributed by atoms with E-state index in [0.717, 1.165) is 11.4 Å². The Balaban J connectivity index is 1.68. The number of aromatic nitrogens is 4. The number of para-hydroxylation sites is 2. The fraction of sp³-hybridized carbons (Fsp3) is 0.222. The van der Waals surface area contributed by atoms with Gasteiger partial charge in [-0.25, -0.2) is 4.68 Å². The molecule has 0 aliphatic carbocycles. The highest BCUT2D eigenvalue weighted by Crippen LogP contribution is 2.21. The van der Waals surface area contributed by atoms with Crippen molar-refractivity contribution in [2.24, 2.45) is 0 Å². The second kappa shape index (κ2) is 7.57. The van der Waals surface area contributed by atoms with Crippen LogP contribution in [0.3, 0.4) is 0 Å². The summed E-state index contributed by atoms with van der Waals surface area (Å²) < 4.78 is 6.95. The third-order valence-electron chi connectivity index (χ3n) is 3.69. The molecule has 0 aliphatic rings. The Morgan fingerprint density at radius 1 is 1.28 bits per heavy atom. The fourth-order valence-corrected chi connectivity index (χ4v) is 2.50. The number of hydrogen-bond acceptors (Lipinski definition) is 5. The van der Waals surface area contributed by atoms with E-state index < -0.39 is 0 Å². The van der Waals surface area contributed by atoms with Crippen LogP contribution in [0.15, 0.2) is 55.2 Å². The van der Waals surface area contributed by atoms with Gasteiger partial charge < -0.3 is 10.1 Å². The van der Waals surface area contributed by atoms with Gasteiger partial charge in [0.1, 0.15) is 11.4 Å². The van der Waals surface area contributed by atoms with E-state index in [-0.39, 0.29) is 11.9 Å². The fourth-order valence-electron chi connectivity index (χ4n) is 2.50. The molecule has 25 heavy (non-hydrogen) atoms. The van der Waals surface area contributed by atoms with Crippen molar-refractivity contribution in [3.05, 3.63) is 66.5 Å². The van der Waals surface area contributed by atoms with Crippen molar-refractivity contribution in [1.82, 2.24) is 25.1 Å². The maximum absolute atomic E-state index is 12.4. The van der Waals surface area contributed by atoms with Crippen LogP contribution >= 0.6 is 0 Å². The Morgan fingerprint density at radius 2 is 2.12 bits per heavy atom. The van der Waals surface area contributed by atoms with Gasteiger partial charge in [-0.2, -0.15) is 5.10 Å². The summed E-state index contributed by atoms with van der Waals surface area (Å²) in [5.74, 6) is 0.506. The lowest BCUT2D eigenvalue weighted by Gasteiger charge is -2.12. The van der Waals surface area contributed by atoms with Gasteiger partial charge in [-0.3, -0.25) is 14.8 Å². The Kier molecular flexibility index (Phi) is 5.03. The average Bonchev–Trinajstić information content (AvgIpc) is 3.12. The maximum Gasteiger partial charge on any atom is 0.254 e. The molecule has 3 aromatic rings. The van der Waals surface area contributed by atoms with Crippen molar-refractivity contribution in [1.29, 1.82) is 0 Å². The van der Waals surface area contributed by atoms with Gasteiger partial charge in [0.25, 0.3) is 5.91 Å². The first-order valence-corrected chi connectivity index (χ1v) is 7.91. The second-order valence-corrected chi connectivity index (χ2v) is 5.62. The number of methoxy groups -OCH3 is 1. The second-order valence-electron chi connectivity index (χ2n) is 5.62. The minimum Gasteiger partial charge on any atom is -0.494 e. The zero-order chi connectivity index (χ0) is 17.6. The van der Waals surface area contributed by atoms with E-state index in [9.17, 15) is 4.79 Å². The summed E-state index contributed by atoms with van der Waals surface area (Å²) in [7, 11) is 1.60. The highest BCUT2D eigenvalue weighted by molar-refractivity contribution is 5.94. The molecule has 0 saturated heterocycles. The predicted octanol–water partition coefficient (Wildman–Crippen LogP) is 2.03. The highest BCUT2D eigenvalue weighted by atomic mass is 16.5. The van der Waals surface area contributed by atoms with Gasteiger partial charge in [-0.15, -0.1) is 0 Å². The van der Waals surface area contributed by atoms with E-state index in [1.165, 1.54) is 6.20 Å². The molecule has 0 spiro atoms. The number of nitrogens with zero attached hydrogens (tertiary/aromatic N) is 4. The molecule has 2 aromatic heterocycles. The Bertz CT molecular complexity index is 847. The van der Waals surface area contributed by atoms with Crippen molar-refractivity contribution >= 4 is 5.91 Å². The average molecular weight is 337 g/mol. The first-order valence-electron chi connectivity index (χ1n) is 7.91. The van der Waals surface area contributed by atoms with Gasteiger partial charge >= 0.3 is 0 Å². The summed E-state index contributed by atoms with van der Waals surface area (Å²) in [5, 5.41) is 7.21. The van der Waals surface area contributed by atoms with Gasteiger partial charge in [0.2, 0.25) is 0 Å². The third-order valence-corrected chi connectivity index (χ3v) is 3.69. The summed E-state index contributed by atoms with van der Waals surface area (Å²) in [6, 6.07) is 7.43. The quantitative estimate of drug-likeness (QED) is 0.744. The first kappa shape index (κ1) is 16.6. The smallest absolute Gasteiger partial charge is 0.254 e. The maximum atomic E-state index is 12.4. The van der Waals surface area contributed by atoms with Crippen LogP contribution in [-0.4, -0.2) is 38.8 Å². The van der Waals surface area contributed by atoms with E-state index in [1.807, 2.05) is 31.2 Å². The number of rotatable bonds is 6. The van der Waals surface area contributed by atoms with Crippen LogP contribution in [0.4, 0.5) is 0 Å². The lowest BCUT2D eigenvalue weighted by molar-refractivity contribution is 0.0940. The van der Waals surface area contributed by atoms with Crippen molar-refractivity contribution < 1.29 is 9.53 Å². The number of benzene rings is 1. The van der Waals surface area contributed by atoms with E-state index in [4.69, 9.17) is 4.74 Å². The largest absolute Gasteiger partial charge is 0.494 e. The zero-order valence-electron chi connectivity index (χ0n) is 14.1. The lowest BCUT2D eigenvalue weighted by Crippen LogP contribution is -2.34. The molecule has 7 heteroatoms. The lowest BCUT2D eigenvalue weighted by atomic mass is 10.2. The molecule has 0 radical (unpaired) electrons.